The lowest BCUT2D eigenvalue weighted by Crippen LogP contribution is -2.30. The monoisotopic (exact) mass is 329 g/mol. The van der Waals surface area contributed by atoms with Crippen LogP contribution in [0, 0.1) is 0 Å². The Morgan fingerprint density at radius 2 is 1.79 bits per heavy atom. The largest absolute Gasteiger partial charge is 0.420 e. The van der Waals surface area contributed by atoms with Crippen LogP contribution < -0.4 is 4.90 Å². The number of carbonyl (C=O) groups is 1. The second-order valence-electron chi connectivity index (χ2n) is 5.93. The van der Waals surface area contributed by atoms with Crippen LogP contribution in [-0.2, 0) is 9.53 Å². The van der Waals surface area contributed by atoms with Crippen LogP contribution in [-0.4, -0.2) is 42.5 Å². The van der Waals surface area contributed by atoms with Crippen LogP contribution in [0.1, 0.15) is 40.2 Å². The minimum absolute atomic E-state index is 0.0783. The van der Waals surface area contributed by atoms with Crippen LogP contribution >= 0.6 is 0 Å². The van der Waals surface area contributed by atoms with Crippen molar-refractivity contribution in [1.82, 2.24) is 4.90 Å². The van der Waals surface area contributed by atoms with Crippen molar-refractivity contribution in [3.8, 4) is 0 Å². The minimum Gasteiger partial charge on any atom is -0.420 e. The Balaban J connectivity index is 2.23. The summed E-state index contributed by atoms with van der Waals surface area (Å²) in [4.78, 5) is 20.7. The molecule has 0 unspecified atom stereocenters. The van der Waals surface area contributed by atoms with Gasteiger partial charge in [0, 0.05) is 31.4 Å². The summed E-state index contributed by atoms with van der Waals surface area (Å²) in [7, 11) is 0. The number of nitrogens with zero attached hydrogens (tertiary/aromatic N) is 3. The van der Waals surface area contributed by atoms with Crippen molar-refractivity contribution in [2.75, 3.05) is 24.5 Å². The van der Waals surface area contributed by atoms with Crippen LogP contribution in [0.4, 0.5) is 5.69 Å². The summed E-state index contributed by atoms with van der Waals surface area (Å²) in [5.41, 5.74) is 2.12. The van der Waals surface area contributed by atoms with Gasteiger partial charge < -0.3 is 9.64 Å². The van der Waals surface area contributed by atoms with E-state index in [-0.39, 0.29) is 11.9 Å². The van der Waals surface area contributed by atoms with E-state index in [1.54, 1.807) is 11.0 Å². The molecule has 1 amide bonds. The maximum absolute atomic E-state index is 12.4. The van der Waals surface area contributed by atoms with E-state index in [0.717, 1.165) is 18.7 Å². The molecule has 1 aromatic carbocycles. The highest BCUT2D eigenvalue weighted by atomic mass is 16.5. The summed E-state index contributed by atoms with van der Waals surface area (Å²) in [5.74, 6) is 0.191. The average molecular weight is 329 g/mol. The summed E-state index contributed by atoms with van der Waals surface area (Å²) in [6.45, 7) is 12.6. The number of anilines is 1. The Kier molecular flexibility index (Phi) is 6.01. The van der Waals surface area contributed by atoms with E-state index in [1.165, 1.54) is 5.69 Å². The third-order valence-electron chi connectivity index (χ3n) is 3.89. The molecule has 0 bridgehead atoms. The molecule has 130 valence electrons. The molecule has 0 aromatic heterocycles. The fourth-order valence-electron chi connectivity index (χ4n) is 2.63. The number of hydrogen-bond acceptors (Lipinski definition) is 4. The smallest absolute Gasteiger partial charge is 0.300 e. The van der Waals surface area contributed by atoms with E-state index in [4.69, 9.17) is 4.74 Å². The molecule has 0 spiro atoms. The molecule has 1 saturated heterocycles. The summed E-state index contributed by atoms with van der Waals surface area (Å²) in [6.07, 6.45) is 1.78. The molecule has 1 fully saturated rings. The van der Waals surface area contributed by atoms with Crippen molar-refractivity contribution in [2.24, 2.45) is 4.99 Å². The maximum Gasteiger partial charge on any atom is 0.300 e. The van der Waals surface area contributed by atoms with Crippen molar-refractivity contribution in [3.05, 3.63) is 35.6 Å². The lowest BCUT2D eigenvalue weighted by Gasteiger charge is -2.20. The number of amidine groups is 1. The van der Waals surface area contributed by atoms with Gasteiger partial charge in [0.2, 0.25) is 0 Å². The third kappa shape index (κ3) is 3.96. The van der Waals surface area contributed by atoms with Crippen LogP contribution in [0.2, 0.25) is 0 Å². The van der Waals surface area contributed by atoms with Crippen molar-refractivity contribution in [3.63, 3.8) is 0 Å². The topological polar surface area (TPSA) is 45.1 Å². The number of likely N-dealkylation sites (N-methyl/N-ethyl adjacent to an activating group) is 1. The zero-order chi connectivity index (χ0) is 17.7. The summed E-state index contributed by atoms with van der Waals surface area (Å²) in [5, 5.41) is 0. The second kappa shape index (κ2) is 7.99. The van der Waals surface area contributed by atoms with Gasteiger partial charge in [-0.2, -0.15) is 0 Å². The van der Waals surface area contributed by atoms with Crippen LogP contribution in [0.15, 0.2) is 35.0 Å². The molecule has 0 radical (unpaired) electrons. The van der Waals surface area contributed by atoms with Gasteiger partial charge in [-0.1, -0.05) is 12.1 Å². The number of benzene rings is 1. The van der Waals surface area contributed by atoms with Gasteiger partial charge in [0.1, 0.15) is 0 Å². The number of amides is 1. The van der Waals surface area contributed by atoms with E-state index in [9.17, 15) is 4.79 Å². The van der Waals surface area contributed by atoms with E-state index >= 15 is 0 Å². The Morgan fingerprint density at radius 1 is 1.17 bits per heavy atom. The molecule has 0 N–H and O–H groups in total. The van der Waals surface area contributed by atoms with Crippen molar-refractivity contribution < 1.29 is 9.53 Å². The molecule has 0 atom stereocenters. The number of rotatable bonds is 6. The lowest BCUT2D eigenvalue weighted by molar-refractivity contribution is -0.122. The molecule has 0 saturated carbocycles. The molecule has 2 rings (SSSR count). The highest BCUT2D eigenvalue weighted by molar-refractivity contribution is 6.11. The first-order chi connectivity index (χ1) is 11.5. The fourth-order valence-corrected chi connectivity index (χ4v) is 2.63. The first-order valence-corrected chi connectivity index (χ1v) is 8.64. The third-order valence-corrected chi connectivity index (χ3v) is 3.89. The van der Waals surface area contributed by atoms with E-state index in [1.807, 2.05) is 32.9 Å². The maximum atomic E-state index is 12.4. The average Bonchev–Trinajstić information content (AvgIpc) is 2.84. The molecule has 5 nitrogen and oxygen atoms in total. The molecule has 1 aliphatic rings. The summed E-state index contributed by atoms with van der Waals surface area (Å²) >= 11 is 0. The van der Waals surface area contributed by atoms with Gasteiger partial charge in [-0.3, -0.25) is 9.69 Å². The van der Waals surface area contributed by atoms with Crippen LogP contribution in [0.3, 0.4) is 0 Å². The van der Waals surface area contributed by atoms with Crippen molar-refractivity contribution in [2.45, 2.75) is 40.7 Å². The molecule has 1 aliphatic heterocycles. The van der Waals surface area contributed by atoms with Crippen LogP contribution in [0.5, 0.6) is 0 Å². The zero-order valence-electron chi connectivity index (χ0n) is 15.2. The van der Waals surface area contributed by atoms with Crippen molar-refractivity contribution in [1.29, 1.82) is 0 Å². The molecule has 1 aromatic rings. The number of aliphatic imine (C=N–C) groups is 1. The molecular formula is C19H27N3O2. The highest BCUT2D eigenvalue weighted by Crippen LogP contribution is 2.22. The predicted molar refractivity (Wildman–Crippen MR) is 99.0 cm³/mol. The Labute approximate surface area is 144 Å². The van der Waals surface area contributed by atoms with Crippen LogP contribution in [0.25, 0.3) is 6.08 Å². The van der Waals surface area contributed by atoms with Gasteiger partial charge in [0.05, 0.1) is 0 Å². The first kappa shape index (κ1) is 18.0. The molecule has 5 heteroatoms. The predicted octanol–water partition coefficient (Wildman–Crippen LogP) is 3.52. The van der Waals surface area contributed by atoms with Crippen molar-refractivity contribution >= 4 is 23.7 Å². The number of hydrogen-bond donors (Lipinski definition) is 0. The standard InChI is InChI=1S/C19H27N3O2/c1-6-21(7-2)16-11-9-15(10-12-16)13-17-18(23)22(8-3)19(24-17)20-14(4)5/h9-14H,6-8H2,1-5H3/b17-13+,20-19?. The fraction of sp³-hybridized carbons (Fsp3) is 0.474. The number of ether oxygens (including phenoxy) is 1. The summed E-state index contributed by atoms with van der Waals surface area (Å²) < 4.78 is 5.69. The Hall–Kier alpha value is -2.30. The highest BCUT2D eigenvalue weighted by Gasteiger charge is 2.33. The van der Waals surface area contributed by atoms with Gasteiger partial charge in [-0.15, -0.1) is 0 Å². The van der Waals surface area contributed by atoms with E-state index in [2.05, 4.69) is 35.9 Å². The van der Waals surface area contributed by atoms with Gasteiger partial charge in [-0.05, 0) is 58.4 Å². The Morgan fingerprint density at radius 3 is 2.29 bits per heavy atom. The Bertz CT molecular complexity index is 629. The lowest BCUT2D eigenvalue weighted by atomic mass is 10.1. The molecule has 0 aliphatic carbocycles. The van der Waals surface area contributed by atoms with E-state index < -0.39 is 0 Å². The molecule has 24 heavy (non-hydrogen) atoms. The van der Waals surface area contributed by atoms with Gasteiger partial charge >= 0.3 is 6.02 Å². The van der Waals surface area contributed by atoms with E-state index in [0.29, 0.717) is 18.3 Å². The SMILES string of the molecule is CCN1C(=O)/C(=C\c2ccc(N(CC)CC)cc2)OC1=NC(C)C. The summed E-state index contributed by atoms with van der Waals surface area (Å²) in [6, 6.07) is 8.62. The van der Waals surface area contributed by atoms with Gasteiger partial charge in [-0.25, -0.2) is 4.99 Å². The van der Waals surface area contributed by atoms with Gasteiger partial charge in [0.25, 0.3) is 5.91 Å². The molecular weight excluding hydrogens is 302 g/mol. The second-order valence-corrected chi connectivity index (χ2v) is 5.93. The quantitative estimate of drug-likeness (QED) is 0.750. The normalized spacial score (nSPS) is 17.9. The number of carbonyl (C=O) groups excluding carboxylic acids is 1. The zero-order valence-corrected chi connectivity index (χ0v) is 15.2. The molecule has 1 heterocycles. The van der Waals surface area contributed by atoms with Gasteiger partial charge in [0.15, 0.2) is 5.76 Å². The minimum atomic E-state index is -0.135. The first-order valence-electron chi connectivity index (χ1n) is 8.64.